The van der Waals surface area contributed by atoms with E-state index in [2.05, 4.69) is 0 Å². The summed E-state index contributed by atoms with van der Waals surface area (Å²) < 4.78 is 28.7. The first kappa shape index (κ1) is 17.4. The van der Waals surface area contributed by atoms with E-state index in [0.717, 1.165) is 6.42 Å². The Morgan fingerprint density at radius 2 is 1.90 bits per heavy atom. The quantitative estimate of drug-likeness (QED) is 0.692. The standard InChI is InChI=1S/C15H22FNO4/c1-4-10-17(11-9-14(19-2)20-3)15(18)21-13-8-6-5-7-12(13)16/h5-8,14H,4,9-11H2,1-3H3. The number of rotatable bonds is 8. The second-order valence-corrected chi connectivity index (χ2v) is 4.48. The molecule has 0 aliphatic heterocycles. The van der Waals surface area contributed by atoms with Gasteiger partial charge in [-0.25, -0.2) is 9.18 Å². The van der Waals surface area contributed by atoms with Crippen LogP contribution in [0.4, 0.5) is 9.18 Å². The topological polar surface area (TPSA) is 48.0 Å². The van der Waals surface area contributed by atoms with Gasteiger partial charge in [-0.3, -0.25) is 0 Å². The maximum Gasteiger partial charge on any atom is 0.415 e. The predicted octanol–water partition coefficient (Wildman–Crippen LogP) is 3.05. The number of nitrogens with zero attached hydrogens (tertiary/aromatic N) is 1. The molecule has 5 nitrogen and oxygen atoms in total. The molecule has 0 aliphatic carbocycles. The highest BCUT2D eigenvalue weighted by molar-refractivity contribution is 5.70. The number of halogens is 1. The second kappa shape index (κ2) is 9.31. The number of para-hydroxylation sites is 1. The Labute approximate surface area is 124 Å². The van der Waals surface area contributed by atoms with Gasteiger partial charge in [0.1, 0.15) is 0 Å². The van der Waals surface area contributed by atoms with Crippen LogP contribution in [0.2, 0.25) is 0 Å². The zero-order chi connectivity index (χ0) is 15.7. The van der Waals surface area contributed by atoms with Crippen molar-refractivity contribution in [1.82, 2.24) is 4.90 Å². The van der Waals surface area contributed by atoms with Gasteiger partial charge in [0.25, 0.3) is 0 Å². The molecule has 0 saturated heterocycles. The van der Waals surface area contributed by atoms with Crippen molar-refractivity contribution in [1.29, 1.82) is 0 Å². The van der Waals surface area contributed by atoms with Crippen LogP contribution in [0.1, 0.15) is 19.8 Å². The van der Waals surface area contributed by atoms with E-state index < -0.39 is 11.9 Å². The van der Waals surface area contributed by atoms with Gasteiger partial charge in [0, 0.05) is 33.7 Å². The van der Waals surface area contributed by atoms with Crippen LogP contribution in [0, 0.1) is 5.82 Å². The van der Waals surface area contributed by atoms with Crippen molar-refractivity contribution in [2.75, 3.05) is 27.3 Å². The molecule has 0 spiro atoms. The molecule has 0 heterocycles. The predicted molar refractivity (Wildman–Crippen MR) is 76.7 cm³/mol. The highest BCUT2D eigenvalue weighted by atomic mass is 19.1. The third-order valence-corrected chi connectivity index (χ3v) is 2.95. The smallest absolute Gasteiger partial charge is 0.407 e. The second-order valence-electron chi connectivity index (χ2n) is 4.48. The van der Waals surface area contributed by atoms with E-state index in [-0.39, 0.29) is 12.0 Å². The van der Waals surface area contributed by atoms with E-state index in [1.54, 1.807) is 6.07 Å². The molecule has 0 aromatic heterocycles. The van der Waals surface area contributed by atoms with Crippen LogP contribution in [-0.2, 0) is 9.47 Å². The summed E-state index contributed by atoms with van der Waals surface area (Å²) in [6.45, 7) is 2.88. The average molecular weight is 299 g/mol. The number of carbonyl (C=O) groups excluding carboxylic acids is 1. The largest absolute Gasteiger partial charge is 0.415 e. The van der Waals surface area contributed by atoms with E-state index in [1.165, 1.54) is 37.3 Å². The van der Waals surface area contributed by atoms with Crippen molar-refractivity contribution < 1.29 is 23.4 Å². The molecule has 0 N–H and O–H groups in total. The van der Waals surface area contributed by atoms with Crippen molar-refractivity contribution in [3.8, 4) is 5.75 Å². The number of amides is 1. The summed E-state index contributed by atoms with van der Waals surface area (Å²) in [7, 11) is 3.08. The lowest BCUT2D eigenvalue weighted by Gasteiger charge is -2.23. The van der Waals surface area contributed by atoms with Gasteiger partial charge in [-0.1, -0.05) is 19.1 Å². The molecule has 0 atom stereocenters. The molecule has 0 bridgehead atoms. The summed E-state index contributed by atoms with van der Waals surface area (Å²) >= 11 is 0. The number of benzene rings is 1. The molecule has 1 aromatic carbocycles. The summed E-state index contributed by atoms with van der Waals surface area (Å²) in [5, 5.41) is 0. The number of hydrogen-bond donors (Lipinski definition) is 0. The van der Waals surface area contributed by atoms with Gasteiger partial charge in [-0.15, -0.1) is 0 Å². The lowest BCUT2D eigenvalue weighted by atomic mass is 10.3. The van der Waals surface area contributed by atoms with E-state index >= 15 is 0 Å². The van der Waals surface area contributed by atoms with Crippen molar-refractivity contribution in [2.24, 2.45) is 0 Å². The minimum absolute atomic E-state index is 0.0707. The molecule has 1 amide bonds. The third-order valence-electron chi connectivity index (χ3n) is 2.95. The van der Waals surface area contributed by atoms with Crippen LogP contribution in [0.3, 0.4) is 0 Å². The van der Waals surface area contributed by atoms with Crippen LogP contribution in [-0.4, -0.2) is 44.6 Å². The first-order valence-corrected chi connectivity index (χ1v) is 6.89. The lowest BCUT2D eigenvalue weighted by molar-refractivity contribution is -0.108. The molecule has 0 radical (unpaired) electrons. The number of carbonyl (C=O) groups is 1. The van der Waals surface area contributed by atoms with E-state index in [1.807, 2.05) is 6.92 Å². The molecule has 1 rings (SSSR count). The molecular weight excluding hydrogens is 277 g/mol. The normalized spacial score (nSPS) is 10.7. The minimum atomic E-state index is -0.576. The summed E-state index contributed by atoms with van der Waals surface area (Å²) in [4.78, 5) is 13.6. The van der Waals surface area contributed by atoms with E-state index in [9.17, 15) is 9.18 Å². The van der Waals surface area contributed by atoms with Gasteiger partial charge in [0.2, 0.25) is 0 Å². The summed E-state index contributed by atoms with van der Waals surface area (Å²) in [6, 6.07) is 5.82. The highest BCUT2D eigenvalue weighted by Gasteiger charge is 2.18. The van der Waals surface area contributed by atoms with Crippen molar-refractivity contribution in [3.63, 3.8) is 0 Å². The number of hydrogen-bond acceptors (Lipinski definition) is 4. The fraction of sp³-hybridized carbons (Fsp3) is 0.533. The van der Waals surface area contributed by atoms with Crippen LogP contribution < -0.4 is 4.74 Å². The lowest BCUT2D eigenvalue weighted by Crippen LogP contribution is -2.37. The van der Waals surface area contributed by atoms with Crippen LogP contribution in [0.5, 0.6) is 5.75 Å². The Hall–Kier alpha value is -1.66. The molecule has 6 heteroatoms. The molecule has 21 heavy (non-hydrogen) atoms. The van der Waals surface area contributed by atoms with Gasteiger partial charge in [0.15, 0.2) is 17.9 Å². The Kier molecular flexibility index (Phi) is 7.71. The van der Waals surface area contributed by atoms with E-state index in [4.69, 9.17) is 14.2 Å². The van der Waals surface area contributed by atoms with Crippen LogP contribution in [0.15, 0.2) is 24.3 Å². The molecule has 0 saturated carbocycles. The van der Waals surface area contributed by atoms with Crippen LogP contribution in [0.25, 0.3) is 0 Å². The van der Waals surface area contributed by atoms with Gasteiger partial charge in [0.05, 0.1) is 0 Å². The molecule has 0 fully saturated rings. The van der Waals surface area contributed by atoms with Gasteiger partial charge in [-0.2, -0.15) is 0 Å². The van der Waals surface area contributed by atoms with Gasteiger partial charge in [-0.05, 0) is 18.6 Å². The SMILES string of the molecule is CCCN(CCC(OC)OC)C(=O)Oc1ccccc1F. The number of ether oxygens (including phenoxy) is 3. The fourth-order valence-corrected chi connectivity index (χ4v) is 1.84. The molecule has 118 valence electrons. The van der Waals surface area contributed by atoms with Crippen molar-refractivity contribution in [2.45, 2.75) is 26.1 Å². The van der Waals surface area contributed by atoms with Gasteiger partial charge >= 0.3 is 6.09 Å². The Balaban J connectivity index is 2.62. The summed E-state index contributed by atoms with van der Waals surface area (Å²) in [5.74, 6) is -0.632. The first-order valence-electron chi connectivity index (χ1n) is 6.89. The Morgan fingerprint density at radius 1 is 1.24 bits per heavy atom. The fourth-order valence-electron chi connectivity index (χ4n) is 1.84. The molecule has 1 aromatic rings. The highest BCUT2D eigenvalue weighted by Crippen LogP contribution is 2.17. The maximum absolute atomic E-state index is 13.5. The molecule has 0 unspecified atom stereocenters. The Bertz CT molecular complexity index is 437. The van der Waals surface area contributed by atoms with Gasteiger partial charge < -0.3 is 19.1 Å². The summed E-state index contributed by atoms with van der Waals surface area (Å²) in [6.07, 6.45) is 0.328. The third kappa shape index (κ3) is 5.69. The number of methoxy groups -OCH3 is 2. The van der Waals surface area contributed by atoms with Crippen molar-refractivity contribution >= 4 is 6.09 Å². The summed E-state index contributed by atoms with van der Waals surface area (Å²) in [5.41, 5.74) is 0. The van der Waals surface area contributed by atoms with Crippen molar-refractivity contribution in [3.05, 3.63) is 30.1 Å². The Morgan fingerprint density at radius 3 is 2.48 bits per heavy atom. The maximum atomic E-state index is 13.5. The monoisotopic (exact) mass is 299 g/mol. The molecular formula is C15H22FNO4. The minimum Gasteiger partial charge on any atom is -0.407 e. The first-order chi connectivity index (χ1) is 10.1. The zero-order valence-electron chi connectivity index (χ0n) is 12.7. The zero-order valence-corrected chi connectivity index (χ0v) is 12.7. The van der Waals surface area contributed by atoms with Crippen LogP contribution >= 0.6 is 0 Å². The van der Waals surface area contributed by atoms with E-state index in [0.29, 0.717) is 19.5 Å². The molecule has 0 aliphatic rings. The average Bonchev–Trinajstić information content (AvgIpc) is 2.49.